The highest BCUT2D eigenvalue weighted by atomic mass is 16.2. The van der Waals surface area contributed by atoms with E-state index in [0.717, 1.165) is 12.0 Å². The van der Waals surface area contributed by atoms with E-state index < -0.39 is 0 Å². The minimum Gasteiger partial charge on any atom is -0.337 e. The molecule has 4 nitrogen and oxygen atoms in total. The van der Waals surface area contributed by atoms with E-state index in [0.29, 0.717) is 12.2 Å². The molecule has 4 heteroatoms. The molecule has 1 aliphatic heterocycles. The molecule has 0 bridgehead atoms. The first-order valence-electron chi connectivity index (χ1n) is 5.82. The molecule has 17 heavy (non-hydrogen) atoms. The van der Waals surface area contributed by atoms with Crippen LogP contribution < -0.4 is 10.2 Å². The van der Waals surface area contributed by atoms with Gasteiger partial charge in [0.2, 0.25) is 5.91 Å². The zero-order chi connectivity index (χ0) is 12.4. The maximum absolute atomic E-state index is 12.1. The molecule has 0 radical (unpaired) electrons. The Balaban J connectivity index is 2.31. The lowest BCUT2D eigenvalue weighted by Gasteiger charge is -2.30. The molecule has 90 valence electrons. The molecule has 0 aliphatic carbocycles. The minimum atomic E-state index is -0.330. The van der Waals surface area contributed by atoms with Gasteiger partial charge >= 0.3 is 6.03 Å². The van der Waals surface area contributed by atoms with Crippen LogP contribution in [0.2, 0.25) is 0 Å². The van der Waals surface area contributed by atoms with Crippen LogP contribution in [0.5, 0.6) is 0 Å². The molecule has 0 spiro atoms. The van der Waals surface area contributed by atoms with E-state index in [4.69, 9.17) is 0 Å². The molecular formula is C13H16N2O2. The number of nitrogens with zero attached hydrogens (tertiary/aromatic N) is 1. The molecule has 1 heterocycles. The average molecular weight is 232 g/mol. The number of carbonyl (C=O) groups is 2. The first-order chi connectivity index (χ1) is 8.13. The van der Waals surface area contributed by atoms with E-state index in [2.05, 4.69) is 5.32 Å². The van der Waals surface area contributed by atoms with Crippen LogP contribution in [0, 0.1) is 12.8 Å². The van der Waals surface area contributed by atoms with E-state index in [1.54, 1.807) is 12.1 Å². The number of rotatable bonds is 2. The van der Waals surface area contributed by atoms with Crippen molar-refractivity contribution in [3.8, 4) is 0 Å². The number of imide groups is 1. The summed E-state index contributed by atoms with van der Waals surface area (Å²) in [5, 5.41) is 2.74. The number of anilines is 1. The van der Waals surface area contributed by atoms with Gasteiger partial charge in [-0.3, -0.25) is 4.79 Å². The maximum atomic E-state index is 12.1. The van der Waals surface area contributed by atoms with E-state index in [-0.39, 0.29) is 17.9 Å². The lowest BCUT2D eigenvalue weighted by atomic mass is 10.0. The van der Waals surface area contributed by atoms with Crippen molar-refractivity contribution in [3.63, 3.8) is 0 Å². The van der Waals surface area contributed by atoms with Crippen LogP contribution in [0.4, 0.5) is 10.5 Å². The first-order valence-corrected chi connectivity index (χ1v) is 5.82. The molecule has 1 atom stereocenters. The van der Waals surface area contributed by atoms with Gasteiger partial charge in [-0.1, -0.05) is 24.6 Å². The topological polar surface area (TPSA) is 49.4 Å². The number of aryl methyl sites for hydroxylation is 1. The second-order valence-electron chi connectivity index (χ2n) is 4.30. The van der Waals surface area contributed by atoms with Gasteiger partial charge in [0.05, 0.1) is 11.6 Å². The second kappa shape index (κ2) is 4.57. The summed E-state index contributed by atoms with van der Waals surface area (Å²) in [5.41, 5.74) is 1.74. The Morgan fingerprint density at radius 3 is 2.53 bits per heavy atom. The summed E-state index contributed by atoms with van der Waals surface area (Å²) in [5.74, 6) is -0.228. The lowest BCUT2D eigenvalue weighted by molar-refractivity contribution is -0.122. The molecule has 0 aromatic heterocycles. The molecule has 1 saturated heterocycles. The van der Waals surface area contributed by atoms with Crippen molar-refractivity contribution in [1.82, 2.24) is 5.32 Å². The van der Waals surface area contributed by atoms with Gasteiger partial charge in [0, 0.05) is 6.54 Å². The van der Waals surface area contributed by atoms with Crippen molar-refractivity contribution in [2.45, 2.75) is 20.3 Å². The average Bonchev–Trinajstić information content (AvgIpc) is 2.32. The Labute approximate surface area is 101 Å². The summed E-state index contributed by atoms with van der Waals surface area (Å²) in [6, 6.07) is 7.05. The number of hydrogen-bond donors (Lipinski definition) is 1. The van der Waals surface area contributed by atoms with Crippen LogP contribution >= 0.6 is 0 Å². The molecule has 0 saturated carbocycles. The van der Waals surface area contributed by atoms with E-state index in [9.17, 15) is 9.59 Å². The number of benzene rings is 1. The summed E-state index contributed by atoms with van der Waals surface area (Å²) in [4.78, 5) is 25.1. The van der Waals surface area contributed by atoms with Gasteiger partial charge in [0.15, 0.2) is 0 Å². The Morgan fingerprint density at radius 2 is 1.94 bits per heavy atom. The third-order valence-corrected chi connectivity index (χ3v) is 3.06. The van der Waals surface area contributed by atoms with Gasteiger partial charge in [0.1, 0.15) is 0 Å². The van der Waals surface area contributed by atoms with Gasteiger partial charge in [-0.25, -0.2) is 9.69 Å². The SMILES string of the molecule is CCC1CNC(=O)N(c2ccc(C)cc2)C1=O. The number of urea groups is 1. The summed E-state index contributed by atoms with van der Waals surface area (Å²) in [6.07, 6.45) is 0.738. The molecule has 2 rings (SSSR count). The van der Waals surface area contributed by atoms with Crippen LogP contribution in [-0.2, 0) is 4.79 Å². The van der Waals surface area contributed by atoms with Crippen molar-refractivity contribution in [2.24, 2.45) is 5.92 Å². The summed E-state index contributed by atoms with van der Waals surface area (Å²) >= 11 is 0. The monoisotopic (exact) mass is 232 g/mol. The third kappa shape index (κ3) is 2.16. The van der Waals surface area contributed by atoms with Crippen LogP contribution in [0.1, 0.15) is 18.9 Å². The number of amides is 3. The Bertz CT molecular complexity index is 439. The number of carbonyl (C=O) groups excluding carboxylic acids is 2. The van der Waals surface area contributed by atoms with E-state index in [1.807, 2.05) is 26.0 Å². The Kier molecular flexibility index (Phi) is 3.13. The predicted octanol–water partition coefficient (Wildman–Crippen LogP) is 2.08. The number of hydrogen-bond acceptors (Lipinski definition) is 2. The molecule has 1 aromatic rings. The van der Waals surface area contributed by atoms with Crippen molar-refractivity contribution in [2.75, 3.05) is 11.4 Å². The molecule has 1 aromatic carbocycles. The fourth-order valence-electron chi connectivity index (χ4n) is 1.92. The van der Waals surface area contributed by atoms with Crippen molar-refractivity contribution >= 4 is 17.6 Å². The summed E-state index contributed by atoms with van der Waals surface area (Å²) < 4.78 is 0. The summed E-state index contributed by atoms with van der Waals surface area (Å²) in [7, 11) is 0. The van der Waals surface area contributed by atoms with Gasteiger partial charge in [-0.05, 0) is 25.5 Å². The predicted molar refractivity (Wildman–Crippen MR) is 65.8 cm³/mol. The van der Waals surface area contributed by atoms with Crippen LogP contribution in [0.3, 0.4) is 0 Å². The zero-order valence-electron chi connectivity index (χ0n) is 10.1. The van der Waals surface area contributed by atoms with Gasteiger partial charge in [0.25, 0.3) is 0 Å². The largest absolute Gasteiger partial charge is 0.337 e. The minimum absolute atomic E-state index is 0.111. The molecular weight excluding hydrogens is 216 g/mol. The Morgan fingerprint density at radius 1 is 1.29 bits per heavy atom. The first kappa shape index (κ1) is 11.6. The van der Waals surface area contributed by atoms with Crippen molar-refractivity contribution in [1.29, 1.82) is 0 Å². The Hall–Kier alpha value is -1.84. The van der Waals surface area contributed by atoms with Crippen molar-refractivity contribution < 1.29 is 9.59 Å². The molecule has 1 N–H and O–H groups in total. The van der Waals surface area contributed by atoms with Crippen LogP contribution in [0.15, 0.2) is 24.3 Å². The van der Waals surface area contributed by atoms with E-state index in [1.165, 1.54) is 4.90 Å². The van der Waals surface area contributed by atoms with Gasteiger partial charge in [-0.2, -0.15) is 0 Å². The van der Waals surface area contributed by atoms with E-state index >= 15 is 0 Å². The lowest BCUT2D eigenvalue weighted by Crippen LogP contribution is -2.55. The normalized spacial score (nSPS) is 20.4. The molecule has 3 amide bonds. The van der Waals surface area contributed by atoms with Crippen molar-refractivity contribution in [3.05, 3.63) is 29.8 Å². The van der Waals surface area contributed by atoms with Crippen LogP contribution in [-0.4, -0.2) is 18.5 Å². The quantitative estimate of drug-likeness (QED) is 0.848. The highest BCUT2D eigenvalue weighted by Gasteiger charge is 2.33. The second-order valence-corrected chi connectivity index (χ2v) is 4.30. The number of nitrogens with one attached hydrogen (secondary N) is 1. The highest BCUT2D eigenvalue weighted by molar-refractivity contribution is 6.16. The smallest absolute Gasteiger partial charge is 0.328 e. The van der Waals surface area contributed by atoms with Gasteiger partial charge < -0.3 is 5.32 Å². The summed E-state index contributed by atoms with van der Waals surface area (Å²) in [6.45, 7) is 4.36. The molecule has 1 fully saturated rings. The third-order valence-electron chi connectivity index (χ3n) is 3.06. The maximum Gasteiger partial charge on any atom is 0.328 e. The standard InChI is InChI=1S/C13H16N2O2/c1-3-10-8-14-13(17)15(12(10)16)11-6-4-9(2)5-7-11/h4-7,10H,3,8H2,1-2H3,(H,14,17). The fourth-order valence-corrected chi connectivity index (χ4v) is 1.92. The molecule has 1 unspecified atom stereocenters. The van der Waals surface area contributed by atoms with Crippen LogP contribution in [0.25, 0.3) is 0 Å². The van der Waals surface area contributed by atoms with Gasteiger partial charge in [-0.15, -0.1) is 0 Å². The molecule has 1 aliphatic rings. The zero-order valence-corrected chi connectivity index (χ0v) is 10.1. The highest BCUT2D eigenvalue weighted by Crippen LogP contribution is 2.21. The fraction of sp³-hybridized carbons (Fsp3) is 0.385.